The number of hydrogen-bond donors (Lipinski definition) is 4. The molecule has 2 saturated heterocycles. The van der Waals surface area contributed by atoms with Gasteiger partial charge in [-0.3, -0.25) is 14.4 Å². The molecule has 14 heteroatoms. The number of nitrogens with one attached hydrogen (secondary N) is 1. The van der Waals surface area contributed by atoms with E-state index in [-0.39, 0.29) is 49.5 Å². The van der Waals surface area contributed by atoms with Gasteiger partial charge in [-0.05, 0) is 126 Å². The molecule has 14 atom stereocenters. The third-order valence-electron chi connectivity index (χ3n) is 15.2. The van der Waals surface area contributed by atoms with Crippen molar-refractivity contribution in [1.29, 1.82) is 0 Å². The van der Waals surface area contributed by atoms with E-state index in [9.17, 15) is 34.5 Å². The number of anilines is 1. The number of Topliss-reactive ketones (excluding diaryl/α,β-unsaturated/α-hetero) is 2. The molecule has 0 radical (unpaired) electrons. The highest BCUT2D eigenvalue weighted by molar-refractivity contribution is 6.39. The Bertz CT molecular complexity index is 2100. The number of cyclic esters (lactones) is 1. The number of piperidine rings is 1. The molecule has 2 bridgehead atoms. The standard InChI is InChI=1S/C53H79N3O11/c1-10-20-55-22-19-38-29-39(16-18-41(38)55)54-40-17-15-36(28-45(40)59)26-33(5)48-35(7)43(57)30-44(58)37(11-2)24-31(3)23-32(4)25-46(64-8)49-47(65-9)27-34(6)53(63,67-49)50(60)51(61)56-21-13-12-14-42(56)52(62)66-48/h16,18-19,22,24,26,29,32,34-37,40,42-43,45-49,54,57,59,63H,10-15,17,20-21,23,25,27-28,30H2,1-9H3/b31-24+,33-26?. The van der Waals surface area contributed by atoms with Gasteiger partial charge in [-0.2, -0.15) is 0 Å². The number of benzene rings is 1. The first-order valence-electron chi connectivity index (χ1n) is 25.0. The van der Waals surface area contributed by atoms with E-state index in [1.807, 2.05) is 32.9 Å². The topological polar surface area (TPSA) is 186 Å². The molecule has 4 heterocycles. The summed E-state index contributed by atoms with van der Waals surface area (Å²) in [4.78, 5) is 58.4. The van der Waals surface area contributed by atoms with Crippen LogP contribution in [0.15, 0.2) is 53.8 Å². The fraction of sp³-hybridized carbons (Fsp3) is 0.698. The molecule has 14 unspecified atom stereocenters. The van der Waals surface area contributed by atoms with Crippen LogP contribution in [0.4, 0.5) is 5.69 Å². The van der Waals surface area contributed by atoms with Crippen LogP contribution in [0, 0.1) is 29.6 Å². The van der Waals surface area contributed by atoms with Crippen molar-refractivity contribution in [3.05, 3.63) is 53.8 Å². The van der Waals surface area contributed by atoms with Crippen LogP contribution in [-0.4, -0.2) is 123 Å². The molecular weight excluding hydrogens is 855 g/mol. The van der Waals surface area contributed by atoms with Crippen molar-refractivity contribution in [2.24, 2.45) is 29.6 Å². The zero-order chi connectivity index (χ0) is 48.7. The Hall–Kier alpha value is -3.92. The van der Waals surface area contributed by atoms with Crippen molar-refractivity contribution < 1.29 is 53.4 Å². The number of ketones is 2. The predicted octanol–water partition coefficient (Wildman–Crippen LogP) is 7.30. The van der Waals surface area contributed by atoms with E-state index in [1.54, 1.807) is 13.8 Å². The van der Waals surface area contributed by atoms with Gasteiger partial charge in [0.1, 0.15) is 24.0 Å². The molecular formula is C53H79N3O11. The van der Waals surface area contributed by atoms with Crippen LogP contribution in [0.5, 0.6) is 0 Å². The number of ether oxygens (including phenoxy) is 4. The fourth-order valence-electron chi connectivity index (χ4n) is 11.3. The molecule has 1 aromatic heterocycles. The number of aryl methyl sites for hydroxylation is 1. The minimum atomic E-state index is -2.51. The first kappa shape index (κ1) is 52.5. The molecule has 6 rings (SSSR count). The molecule has 0 spiro atoms. The lowest BCUT2D eigenvalue weighted by molar-refractivity contribution is -0.302. The maximum absolute atomic E-state index is 14.5. The Morgan fingerprint density at radius 3 is 2.36 bits per heavy atom. The summed E-state index contributed by atoms with van der Waals surface area (Å²) in [6.45, 7) is 14.4. The molecule has 4 aliphatic rings. The second kappa shape index (κ2) is 23.1. The van der Waals surface area contributed by atoms with Crippen molar-refractivity contribution >= 4 is 40.0 Å². The number of allylic oxidation sites excluding steroid dienone is 3. The van der Waals surface area contributed by atoms with Gasteiger partial charge in [-0.15, -0.1) is 0 Å². The van der Waals surface area contributed by atoms with Crippen molar-refractivity contribution in [2.75, 3.05) is 26.1 Å². The van der Waals surface area contributed by atoms with Crippen LogP contribution in [0.3, 0.4) is 0 Å². The van der Waals surface area contributed by atoms with E-state index < -0.39 is 83.9 Å². The Labute approximate surface area is 397 Å². The van der Waals surface area contributed by atoms with Gasteiger partial charge in [0, 0.05) is 74.3 Å². The van der Waals surface area contributed by atoms with Crippen LogP contribution in [0.1, 0.15) is 126 Å². The van der Waals surface area contributed by atoms with Gasteiger partial charge in [0.15, 0.2) is 0 Å². The number of aliphatic hydroxyl groups excluding tert-OH is 2. The Morgan fingerprint density at radius 2 is 1.67 bits per heavy atom. The smallest absolute Gasteiger partial charge is 0.329 e. The minimum Gasteiger partial charge on any atom is -0.456 e. The Balaban J connectivity index is 1.28. The summed E-state index contributed by atoms with van der Waals surface area (Å²) < 4.78 is 26.7. The maximum atomic E-state index is 14.5. The lowest BCUT2D eigenvalue weighted by Crippen LogP contribution is -2.64. The van der Waals surface area contributed by atoms with Crippen LogP contribution < -0.4 is 5.32 Å². The fourth-order valence-corrected chi connectivity index (χ4v) is 11.3. The number of methoxy groups -OCH3 is 2. The number of fused-ring (bicyclic) bond motifs is 4. The highest BCUT2D eigenvalue weighted by Crippen LogP contribution is 2.39. The van der Waals surface area contributed by atoms with E-state index in [4.69, 9.17) is 18.9 Å². The number of carbonyl (C=O) groups is 4. The largest absolute Gasteiger partial charge is 0.456 e. The molecule has 1 aliphatic carbocycles. The highest BCUT2D eigenvalue weighted by atomic mass is 16.7. The summed E-state index contributed by atoms with van der Waals surface area (Å²) >= 11 is 0. The molecule has 372 valence electrons. The second-order valence-corrected chi connectivity index (χ2v) is 20.4. The molecule has 1 aromatic carbocycles. The van der Waals surface area contributed by atoms with Crippen molar-refractivity contribution in [2.45, 2.75) is 187 Å². The SMILES string of the molecule is CCCn1ccc2cc(NC3CCC(C=C(C)C4OC(=O)C5CCCCN5C(=O)C(=O)C5(O)OC(C(OC)CC(C)C/C(C)=C/C(CC)C(=O)CC(O)C4C)C(OC)CC5C)CC3O)ccc21. The van der Waals surface area contributed by atoms with E-state index in [1.165, 1.54) is 24.6 Å². The molecule has 3 aliphatic heterocycles. The Kier molecular flexibility index (Phi) is 18.1. The molecule has 2 aromatic rings. The second-order valence-electron chi connectivity index (χ2n) is 20.4. The lowest BCUT2D eigenvalue weighted by atomic mass is 9.81. The first-order chi connectivity index (χ1) is 31.9. The summed E-state index contributed by atoms with van der Waals surface area (Å²) in [6, 6.07) is 7.08. The number of nitrogens with zero attached hydrogens (tertiary/aromatic N) is 2. The lowest BCUT2D eigenvalue weighted by Gasteiger charge is -2.47. The zero-order valence-electron chi connectivity index (χ0n) is 41.4. The number of aromatic nitrogens is 1. The normalized spacial score (nSPS) is 36.7. The quantitative estimate of drug-likeness (QED) is 0.112. The predicted molar refractivity (Wildman–Crippen MR) is 257 cm³/mol. The van der Waals surface area contributed by atoms with E-state index in [0.717, 1.165) is 36.0 Å². The third kappa shape index (κ3) is 12.1. The van der Waals surface area contributed by atoms with Gasteiger partial charge in [-0.1, -0.05) is 52.3 Å². The highest BCUT2D eigenvalue weighted by Gasteiger charge is 2.56. The summed E-state index contributed by atoms with van der Waals surface area (Å²) in [5.41, 5.74) is 3.77. The van der Waals surface area contributed by atoms with Gasteiger partial charge in [0.05, 0.1) is 30.5 Å². The first-order valence-corrected chi connectivity index (χ1v) is 25.0. The monoisotopic (exact) mass is 934 g/mol. The summed E-state index contributed by atoms with van der Waals surface area (Å²) in [6.07, 6.45) is 7.13. The number of rotatable bonds is 9. The van der Waals surface area contributed by atoms with Crippen LogP contribution in [-0.2, 0) is 44.7 Å². The zero-order valence-corrected chi connectivity index (χ0v) is 41.4. The maximum Gasteiger partial charge on any atom is 0.329 e. The van der Waals surface area contributed by atoms with E-state index in [2.05, 4.69) is 54.2 Å². The van der Waals surface area contributed by atoms with E-state index in [0.29, 0.717) is 50.5 Å². The molecule has 4 N–H and O–H groups in total. The van der Waals surface area contributed by atoms with E-state index >= 15 is 0 Å². The molecule has 3 fully saturated rings. The van der Waals surface area contributed by atoms with Crippen LogP contribution >= 0.6 is 0 Å². The minimum absolute atomic E-state index is 0.0267. The number of aliphatic hydroxyl groups is 3. The third-order valence-corrected chi connectivity index (χ3v) is 15.2. The van der Waals surface area contributed by atoms with Gasteiger partial charge in [-0.25, -0.2) is 4.79 Å². The van der Waals surface area contributed by atoms with Gasteiger partial charge >= 0.3 is 5.97 Å². The molecule has 67 heavy (non-hydrogen) atoms. The molecule has 1 amide bonds. The van der Waals surface area contributed by atoms with Crippen molar-refractivity contribution in [3.63, 3.8) is 0 Å². The molecule has 14 nitrogen and oxygen atoms in total. The van der Waals surface area contributed by atoms with Crippen LogP contribution in [0.25, 0.3) is 10.9 Å². The number of esters is 1. The Morgan fingerprint density at radius 1 is 0.940 bits per heavy atom. The van der Waals surface area contributed by atoms with Crippen molar-refractivity contribution in [3.8, 4) is 0 Å². The number of amides is 1. The molecule has 1 saturated carbocycles. The van der Waals surface area contributed by atoms with Crippen LogP contribution in [0.2, 0.25) is 0 Å². The van der Waals surface area contributed by atoms with Gasteiger partial charge < -0.3 is 49.1 Å². The number of hydrogen-bond acceptors (Lipinski definition) is 12. The summed E-state index contributed by atoms with van der Waals surface area (Å²) in [5, 5.41) is 40.2. The summed E-state index contributed by atoms with van der Waals surface area (Å²) in [7, 11) is 3.07. The summed E-state index contributed by atoms with van der Waals surface area (Å²) in [5.74, 6) is -7.65. The van der Waals surface area contributed by atoms with Gasteiger partial charge in [0.2, 0.25) is 5.79 Å². The average Bonchev–Trinajstić information content (AvgIpc) is 3.71. The number of carbonyl (C=O) groups excluding carboxylic acids is 4. The van der Waals surface area contributed by atoms with Crippen molar-refractivity contribution in [1.82, 2.24) is 9.47 Å². The van der Waals surface area contributed by atoms with Gasteiger partial charge in [0.25, 0.3) is 11.7 Å². The average molecular weight is 934 g/mol.